The van der Waals surface area contributed by atoms with Crippen LogP contribution in [0.1, 0.15) is 5.56 Å². The van der Waals surface area contributed by atoms with Gasteiger partial charge in [-0.15, -0.1) is 11.3 Å². The number of benzene rings is 1. The van der Waals surface area contributed by atoms with Crippen molar-refractivity contribution >= 4 is 21.6 Å². The van der Waals surface area contributed by atoms with Crippen molar-refractivity contribution in [1.82, 2.24) is 9.55 Å². The van der Waals surface area contributed by atoms with Gasteiger partial charge in [0.25, 0.3) is 5.56 Å². The Morgan fingerprint density at radius 2 is 2.12 bits per heavy atom. The molecule has 0 amide bonds. The van der Waals surface area contributed by atoms with E-state index < -0.39 is 0 Å². The zero-order chi connectivity index (χ0) is 11.4. The van der Waals surface area contributed by atoms with Crippen LogP contribution in [-0.2, 0) is 6.54 Å². The topological polar surface area (TPSA) is 34.9 Å². The van der Waals surface area contributed by atoms with Gasteiger partial charge in [0.05, 0.1) is 12.1 Å². The van der Waals surface area contributed by atoms with Gasteiger partial charge in [-0.1, -0.05) is 24.3 Å². The van der Waals surface area contributed by atoms with E-state index in [1.165, 1.54) is 16.9 Å². The Morgan fingerprint density at radius 1 is 1.24 bits per heavy atom. The van der Waals surface area contributed by atoms with Crippen LogP contribution in [0.25, 0.3) is 21.6 Å². The Hall–Kier alpha value is -1.94. The van der Waals surface area contributed by atoms with Gasteiger partial charge in [0.1, 0.15) is 10.5 Å². The SMILES string of the molecule is O=c1nc2n(c3ccsc13)Cc1ccccc1-2. The van der Waals surface area contributed by atoms with Crippen molar-refractivity contribution in [3.8, 4) is 11.4 Å². The highest BCUT2D eigenvalue weighted by molar-refractivity contribution is 7.17. The third-order valence-corrected chi connectivity index (χ3v) is 4.07. The summed E-state index contributed by atoms with van der Waals surface area (Å²) in [6.45, 7) is 0.812. The van der Waals surface area contributed by atoms with E-state index in [1.807, 2.05) is 29.6 Å². The van der Waals surface area contributed by atoms with Gasteiger partial charge in [-0.25, -0.2) is 0 Å². The second-order valence-corrected chi connectivity index (χ2v) is 5.03. The molecule has 0 fully saturated rings. The fourth-order valence-electron chi connectivity index (χ4n) is 2.41. The van der Waals surface area contributed by atoms with E-state index in [4.69, 9.17) is 0 Å². The minimum absolute atomic E-state index is 0.113. The van der Waals surface area contributed by atoms with Crippen LogP contribution in [0.5, 0.6) is 0 Å². The molecule has 0 atom stereocenters. The summed E-state index contributed by atoms with van der Waals surface area (Å²) in [5.74, 6) is 0.802. The maximum atomic E-state index is 11.9. The normalized spacial score (nSPS) is 12.7. The molecule has 0 unspecified atom stereocenters. The van der Waals surface area contributed by atoms with Gasteiger partial charge in [0.15, 0.2) is 0 Å². The molecular formula is C13H8N2OS. The molecule has 3 heterocycles. The summed E-state index contributed by atoms with van der Waals surface area (Å²) in [6, 6.07) is 10.1. The van der Waals surface area contributed by atoms with Crippen LogP contribution in [0.2, 0.25) is 0 Å². The molecule has 2 aromatic heterocycles. The first-order valence-corrected chi connectivity index (χ1v) is 6.29. The average Bonchev–Trinajstić information content (AvgIpc) is 2.93. The number of thiophene rings is 1. The third kappa shape index (κ3) is 1.10. The summed E-state index contributed by atoms with van der Waals surface area (Å²) >= 11 is 1.46. The minimum atomic E-state index is -0.113. The maximum absolute atomic E-state index is 11.9. The van der Waals surface area contributed by atoms with Gasteiger partial charge >= 0.3 is 0 Å². The Kier molecular flexibility index (Phi) is 1.64. The highest BCUT2D eigenvalue weighted by Gasteiger charge is 2.21. The van der Waals surface area contributed by atoms with Crippen molar-refractivity contribution in [2.75, 3.05) is 0 Å². The van der Waals surface area contributed by atoms with Gasteiger partial charge in [0.2, 0.25) is 0 Å². The molecule has 0 N–H and O–H groups in total. The number of fused-ring (bicyclic) bond motifs is 5. The predicted molar refractivity (Wildman–Crippen MR) is 68.4 cm³/mol. The summed E-state index contributed by atoms with van der Waals surface area (Å²) in [5, 5.41) is 1.95. The lowest BCUT2D eigenvalue weighted by molar-refractivity contribution is 0.855. The largest absolute Gasteiger partial charge is 0.320 e. The Morgan fingerprint density at radius 3 is 3.06 bits per heavy atom. The Labute approximate surface area is 101 Å². The van der Waals surface area contributed by atoms with Crippen molar-refractivity contribution in [3.63, 3.8) is 0 Å². The number of nitrogens with zero attached hydrogens (tertiary/aromatic N) is 2. The lowest BCUT2D eigenvalue weighted by Gasteiger charge is -2.03. The first-order chi connectivity index (χ1) is 8.34. The van der Waals surface area contributed by atoms with Gasteiger partial charge < -0.3 is 4.57 Å². The molecular weight excluding hydrogens is 232 g/mol. The standard InChI is InChI=1S/C13H8N2OS/c16-13-11-10(5-6-17-11)15-7-8-3-1-2-4-9(8)12(15)14-13/h1-6H,7H2. The van der Waals surface area contributed by atoms with Crippen LogP contribution in [0.4, 0.5) is 0 Å². The van der Waals surface area contributed by atoms with Gasteiger partial charge in [-0.2, -0.15) is 4.98 Å². The van der Waals surface area contributed by atoms with Gasteiger partial charge in [0, 0.05) is 5.56 Å². The highest BCUT2D eigenvalue weighted by Crippen LogP contribution is 2.32. The lowest BCUT2D eigenvalue weighted by atomic mass is 10.1. The molecule has 1 aliphatic rings. The number of rotatable bonds is 0. The molecule has 3 aromatic rings. The molecule has 0 saturated heterocycles. The molecule has 0 spiro atoms. The van der Waals surface area contributed by atoms with Crippen LogP contribution < -0.4 is 5.56 Å². The average molecular weight is 240 g/mol. The zero-order valence-corrected chi connectivity index (χ0v) is 9.70. The molecule has 3 nitrogen and oxygen atoms in total. The molecule has 4 heteroatoms. The molecule has 0 aliphatic carbocycles. The molecule has 0 bridgehead atoms. The van der Waals surface area contributed by atoms with Crippen molar-refractivity contribution in [1.29, 1.82) is 0 Å². The second kappa shape index (κ2) is 3.05. The fraction of sp³-hybridized carbons (Fsp3) is 0.0769. The van der Waals surface area contributed by atoms with E-state index in [0.717, 1.165) is 28.1 Å². The van der Waals surface area contributed by atoms with Crippen molar-refractivity contribution in [2.24, 2.45) is 0 Å². The fourth-order valence-corrected chi connectivity index (χ4v) is 3.19. The lowest BCUT2D eigenvalue weighted by Crippen LogP contribution is -2.11. The van der Waals surface area contributed by atoms with Crippen LogP contribution in [0.15, 0.2) is 40.5 Å². The number of hydrogen-bond acceptors (Lipinski definition) is 3. The smallest absolute Gasteiger partial charge is 0.291 e. The summed E-state index contributed by atoms with van der Waals surface area (Å²) in [6.07, 6.45) is 0. The van der Waals surface area contributed by atoms with E-state index in [9.17, 15) is 4.79 Å². The summed E-state index contributed by atoms with van der Waals surface area (Å²) < 4.78 is 2.87. The van der Waals surface area contributed by atoms with E-state index >= 15 is 0 Å². The quantitative estimate of drug-likeness (QED) is 0.473. The molecule has 17 heavy (non-hydrogen) atoms. The van der Waals surface area contributed by atoms with Crippen molar-refractivity contribution < 1.29 is 0 Å². The molecule has 82 valence electrons. The van der Waals surface area contributed by atoms with E-state index in [-0.39, 0.29) is 5.56 Å². The summed E-state index contributed by atoms with van der Waals surface area (Å²) in [4.78, 5) is 16.1. The van der Waals surface area contributed by atoms with Gasteiger partial charge in [-0.3, -0.25) is 4.79 Å². The van der Waals surface area contributed by atoms with E-state index in [0.29, 0.717) is 0 Å². The van der Waals surface area contributed by atoms with Crippen molar-refractivity contribution in [2.45, 2.75) is 6.54 Å². The number of hydrogen-bond donors (Lipinski definition) is 0. The molecule has 0 saturated carbocycles. The van der Waals surface area contributed by atoms with E-state index in [1.54, 1.807) is 0 Å². The summed E-state index contributed by atoms with van der Waals surface area (Å²) in [5.41, 5.74) is 3.20. The molecule has 1 aliphatic heterocycles. The highest BCUT2D eigenvalue weighted by atomic mass is 32.1. The summed E-state index contributed by atoms with van der Waals surface area (Å²) in [7, 11) is 0. The number of aromatic nitrogens is 2. The Bertz CT molecular complexity index is 801. The van der Waals surface area contributed by atoms with Crippen molar-refractivity contribution in [3.05, 3.63) is 51.6 Å². The second-order valence-electron chi connectivity index (χ2n) is 4.12. The van der Waals surface area contributed by atoms with E-state index in [2.05, 4.69) is 15.6 Å². The maximum Gasteiger partial charge on any atom is 0.291 e. The first-order valence-electron chi connectivity index (χ1n) is 5.41. The third-order valence-electron chi connectivity index (χ3n) is 3.18. The van der Waals surface area contributed by atoms with Crippen LogP contribution in [0, 0.1) is 0 Å². The van der Waals surface area contributed by atoms with Crippen LogP contribution in [0.3, 0.4) is 0 Å². The molecule has 0 radical (unpaired) electrons. The molecule has 4 rings (SSSR count). The predicted octanol–water partition coefficient (Wildman–Crippen LogP) is 2.49. The monoisotopic (exact) mass is 240 g/mol. The first kappa shape index (κ1) is 9.13. The van der Waals surface area contributed by atoms with Gasteiger partial charge in [-0.05, 0) is 17.0 Å². The van der Waals surface area contributed by atoms with Crippen LogP contribution >= 0.6 is 11.3 Å². The molecule has 1 aromatic carbocycles. The Balaban J connectivity index is 2.19. The minimum Gasteiger partial charge on any atom is -0.320 e. The van der Waals surface area contributed by atoms with Crippen LogP contribution in [-0.4, -0.2) is 9.55 Å². The zero-order valence-electron chi connectivity index (χ0n) is 8.88.